The van der Waals surface area contributed by atoms with Gasteiger partial charge in [-0.2, -0.15) is 0 Å². The number of nitrogens with zero attached hydrogens (tertiary/aromatic N) is 1. The lowest BCUT2D eigenvalue weighted by Crippen LogP contribution is -2.12. The maximum Gasteiger partial charge on any atom is 0.312 e. The summed E-state index contributed by atoms with van der Waals surface area (Å²) in [7, 11) is 1.31. The van der Waals surface area contributed by atoms with Crippen LogP contribution in [0, 0.1) is 10.1 Å². The predicted octanol–water partition coefficient (Wildman–Crippen LogP) is 1.80. The van der Waals surface area contributed by atoms with Crippen molar-refractivity contribution in [2.45, 2.75) is 19.3 Å². The predicted molar refractivity (Wildman–Crippen MR) is 69.8 cm³/mol. The molecule has 20 heavy (non-hydrogen) atoms. The number of hydrogen-bond donors (Lipinski definition) is 2. The summed E-state index contributed by atoms with van der Waals surface area (Å²) < 4.78 is 4.84. The zero-order chi connectivity index (χ0) is 15.1. The van der Waals surface area contributed by atoms with Crippen LogP contribution < -0.4 is 10.1 Å². The van der Waals surface area contributed by atoms with Crippen LogP contribution in [0.1, 0.15) is 19.3 Å². The van der Waals surface area contributed by atoms with E-state index in [1.165, 1.54) is 25.3 Å². The van der Waals surface area contributed by atoms with Crippen molar-refractivity contribution in [2.75, 3.05) is 12.4 Å². The Balaban J connectivity index is 2.68. The minimum Gasteiger partial charge on any atom is -0.490 e. The maximum atomic E-state index is 11.5. The molecule has 108 valence electrons. The molecule has 0 spiro atoms. The first-order valence-corrected chi connectivity index (χ1v) is 5.78. The zero-order valence-corrected chi connectivity index (χ0v) is 10.8. The van der Waals surface area contributed by atoms with Gasteiger partial charge in [0.15, 0.2) is 5.75 Å². The van der Waals surface area contributed by atoms with E-state index in [0.29, 0.717) is 0 Å². The topological polar surface area (TPSA) is 119 Å². The Morgan fingerprint density at radius 1 is 1.40 bits per heavy atom. The Hall–Kier alpha value is -2.64. The first-order valence-electron chi connectivity index (χ1n) is 5.78. The largest absolute Gasteiger partial charge is 0.490 e. The molecule has 8 nitrogen and oxygen atoms in total. The van der Waals surface area contributed by atoms with Crippen LogP contribution in [-0.2, 0) is 9.59 Å². The van der Waals surface area contributed by atoms with E-state index in [1.807, 2.05) is 0 Å². The molecule has 0 aliphatic rings. The van der Waals surface area contributed by atoms with Gasteiger partial charge in [-0.3, -0.25) is 19.7 Å². The first-order chi connectivity index (χ1) is 9.43. The number of nitro groups is 1. The van der Waals surface area contributed by atoms with E-state index in [4.69, 9.17) is 9.84 Å². The summed E-state index contributed by atoms with van der Waals surface area (Å²) in [5.41, 5.74) is 0.00802. The van der Waals surface area contributed by atoms with Gasteiger partial charge in [0, 0.05) is 24.6 Å². The van der Waals surface area contributed by atoms with E-state index in [1.54, 1.807) is 0 Å². The number of carboxylic acids is 1. The highest BCUT2D eigenvalue weighted by Gasteiger charge is 2.16. The van der Waals surface area contributed by atoms with Crippen molar-refractivity contribution in [3.63, 3.8) is 0 Å². The van der Waals surface area contributed by atoms with Crippen LogP contribution >= 0.6 is 0 Å². The lowest BCUT2D eigenvalue weighted by atomic mass is 10.2. The van der Waals surface area contributed by atoms with Gasteiger partial charge in [-0.15, -0.1) is 0 Å². The number of nitro benzene ring substituents is 1. The molecule has 0 saturated heterocycles. The normalized spacial score (nSPS) is 9.85. The Bertz CT molecular complexity index is 529. The van der Waals surface area contributed by atoms with Crippen LogP contribution in [-0.4, -0.2) is 29.0 Å². The number of benzene rings is 1. The van der Waals surface area contributed by atoms with Gasteiger partial charge >= 0.3 is 11.7 Å². The molecule has 0 fully saturated rings. The number of aliphatic carboxylic acids is 1. The van der Waals surface area contributed by atoms with Crippen molar-refractivity contribution >= 4 is 23.3 Å². The molecule has 0 radical (unpaired) electrons. The molecule has 8 heteroatoms. The fourth-order valence-electron chi connectivity index (χ4n) is 1.53. The third kappa shape index (κ3) is 4.56. The minimum atomic E-state index is -0.974. The zero-order valence-electron chi connectivity index (χ0n) is 10.8. The third-order valence-corrected chi connectivity index (χ3v) is 2.45. The van der Waals surface area contributed by atoms with E-state index in [9.17, 15) is 19.7 Å². The summed E-state index contributed by atoms with van der Waals surface area (Å²) >= 11 is 0. The molecule has 0 saturated carbocycles. The fourth-order valence-corrected chi connectivity index (χ4v) is 1.53. The van der Waals surface area contributed by atoms with E-state index in [2.05, 4.69) is 5.32 Å². The van der Waals surface area contributed by atoms with Crippen LogP contribution in [0.3, 0.4) is 0 Å². The van der Waals surface area contributed by atoms with Gasteiger partial charge in [0.2, 0.25) is 5.91 Å². The summed E-state index contributed by atoms with van der Waals surface area (Å²) in [6, 6.07) is 4.04. The molecule has 0 atom stereocenters. The SMILES string of the molecule is COc1ccc(NC(=O)CCCC(=O)O)cc1[N+](=O)[O-]. The van der Waals surface area contributed by atoms with Crippen molar-refractivity contribution in [1.82, 2.24) is 0 Å². The van der Waals surface area contributed by atoms with Gasteiger partial charge in [-0.05, 0) is 18.6 Å². The molecule has 1 amide bonds. The Morgan fingerprint density at radius 2 is 2.10 bits per heavy atom. The Morgan fingerprint density at radius 3 is 2.65 bits per heavy atom. The number of hydrogen-bond acceptors (Lipinski definition) is 5. The Labute approximate surface area is 114 Å². The molecule has 1 rings (SSSR count). The highest BCUT2D eigenvalue weighted by Crippen LogP contribution is 2.29. The quantitative estimate of drug-likeness (QED) is 0.581. The third-order valence-electron chi connectivity index (χ3n) is 2.45. The molecular weight excluding hydrogens is 268 g/mol. The van der Waals surface area contributed by atoms with Gasteiger partial charge in [0.1, 0.15) is 0 Å². The van der Waals surface area contributed by atoms with Crippen molar-refractivity contribution in [1.29, 1.82) is 0 Å². The van der Waals surface area contributed by atoms with E-state index < -0.39 is 16.8 Å². The van der Waals surface area contributed by atoms with E-state index in [0.717, 1.165) is 0 Å². The summed E-state index contributed by atoms with van der Waals surface area (Å²) in [5.74, 6) is -1.28. The molecule has 0 aromatic heterocycles. The highest BCUT2D eigenvalue weighted by atomic mass is 16.6. The number of amides is 1. The molecule has 0 bridgehead atoms. The number of ether oxygens (including phenoxy) is 1. The summed E-state index contributed by atoms with van der Waals surface area (Å²) in [4.78, 5) is 32.0. The summed E-state index contributed by atoms with van der Waals surface area (Å²) in [6.45, 7) is 0. The second-order valence-corrected chi connectivity index (χ2v) is 3.94. The van der Waals surface area contributed by atoms with Crippen molar-refractivity contribution in [2.24, 2.45) is 0 Å². The number of methoxy groups -OCH3 is 1. The van der Waals surface area contributed by atoms with E-state index in [-0.39, 0.29) is 36.4 Å². The van der Waals surface area contributed by atoms with E-state index >= 15 is 0 Å². The van der Waals surface area contributed by atoms with Crippen molar-refractivity contribution in [3.8, 4) is 5.75 Å². The fraction of sp³-hybridized carbons (Fsp3) is 0.333. The van der Waals surface area contributed by atoms with Crippen LogP contribution in [0.5, 0.6) is 5.75 Å². The van der Waals surface area contributed by atoms with Gasteiger partial charge < -0.3 is 15.2 Å². The minimum absolute atomic E-state index is 0.0339. The molecule has 0 unspecified atom stereocenters. The summed E-state index contributed by atoms with van der Waals surface area (Å²) in [5, 5.41) is 21.7. The van der Waals surface area contributed by atoms with Crippen LogP contribution in [0.2, 0.25) is 0 Å². The number of nitrogens with one attached hydrogen (secondary N) is 1. The van der Waals surface area contributed by atoms with Crippen LogP contribution in [0.15, 0.2) is 18.2 Å². The standard InChI is InChI=1S/C12H14N2O6/c1-20-10-6-5-8(7-9(10)14(18)19)13-11(15)3-2-4-12(16)17/h5-7H,2-4H2,1H3,(H,13,15)(H,16,17). The maximum absolute atomic E-state index is 11.5. The smallest absolute Gasteiger partial charge is 0.312 e. The summed E-state index contributed by atoms with van der Waals surface area (Å²) in [6.07, 6.45) is 0.141. The lowest BCUT2D eigenvalue weighted by molar-refractivity contribution is -0.385. The first kappa shape index (κ1) is 15.4. The molecule has 1 aromatic rings. The lowest BCUT2D eigenvalue weighted by Gasteiger charge is -2.06. The number of anilines is 1. The van der Waals surface area contributed by atoms with Crippen LogP contribution in [0.4, 0.5) is 11.4 Å². The molecule has 0 aliphatic carbocycles. The number of rotatable bonds is 7. The molecule has 0 heterocycles. The molecule has 1 aromatic carbocycles. The second kappa shape index (κ2) is 7.07. The van der Waals surface area contributed by atoms with Gasteiger partial charge in [-0.1, -0.05) is 0 Å². The van der Waals surface area contributed by atoms with Gasteiger partial charge in [0.05, 0.1) is 12.0 Å². The molecular formula is C12H14N2O6. The van der Waals surface area contributed by atoms with Crippen molar-refractivity contribution < 1.29 is 24.4 Å². The van der Waals surface area contributed by atoms with Crippen LogP contribution in [0.25, 0.3) is 0 Å². The second-order valence-electron chi connectivity index (χ2n) is 3.94. The molecule has 0 aliphatic heterocycles. The van der Waals surface area contributed by atoms with Gasteiger partial charge in [-0.25, -0.2) is 0 Å². The number of carbonyl (C=O) groups excluding carboxylic acids is 1. The van der Waals surface area contributed by atoms with Crippen molar-refractivity contribution in [3.05, 3.63) is 28.3 Å². The monoisotopic (exact) mass is 282 g/mol. The average Bonchev–Trinajstić information content (AvgIpc) is 2.38. The molecule has 2 N–H and O–H groups in total. The number of carbonyl (C=O) groups is 2. The highest BCUT2D eigenvalue weighted by molar-refractivity contribution is 5.91. The van der Waals surface area contributed by atoms with Gasteiger partial charge in [0.25, 0.3) is 0 Å². The number of carboxylic acid groups (broad SMARTS) is 1. The Kier molecular flexibility index (Phi) is 5.45. The average molecular weight is 282 g/mol.